The molecule has 8 heteroatoms. The highest BCUT2D eigenvalue weighted by molar-refractivity contribution is 5.73. The first kappa shape index (κ1) is 25.3. The van der Waals surface area contributed by atoms with E-state index in [9.17, 15) is 23.4 Å². The molecule has 0 aromatic heterocycles. The Bertz CT molecular complexity index is 884. The van der Waals surface area contributed by atoms with Crippen LogP contribution in [0.1, 0.15) is 43.6 Å². The molecule has 4 N–H and O–H groups in total. The lowest BCUT2D eigenvalue weighted by atomic mass is 9.91. The van der Waals surface area contributed by atoms with Crippen molar-refractivity contribution in [3.8, 4) is 34.7 Å². The van der Waals surface area contributed by atoms with Crippen LogP contribution in [0.15, 0.2) is 30.3 Å². The van der Waals surface area contributed by atoms with Gasteiger partial charge in [-0.1, -0.05) is 31.9 Å². The highest BCUT2D eigenvalue weighted by Crippen LogP contribution is 2.39. The molecule has 2 rings (SSSR count). The van der Waals surface area contributed by atoms with Gasteiger partial charge in [0, 0.05) is 24.6 Å². The van der Waals surface area contributed by atoms with Crippen LogP contribution in [0, 0.1) is 19.0 Å². The van der Waals surface area contributed by atoms with Gasteiger partial charge in [-0.2, -0.15) is 0 Å². The molecule has 2 aromatic carbocycles. The third-order valence-electron chi connectivity index (χ3n) is 4.03. The van der Waals surface area contributed by atoms with Gasteiger partial charge in [0.15, 0.2) is 0 Å². The van der Waals surface area contributed by atoms with Crippen molar-refractivity contribution in [2.45, 2.75) is 46.7 Å². The average molecular weight is 425 g/mol. The zero-order valence-electron chi connectivity index (χ0n) is 17.3. The smallest absolute Gasteiger partial charge is 0.407 e. The summed E-state index contributed by atoms with van der Waals surface area (Å²) in [5.41, 5.74) is 8.47. The first-order valence-corrected chi connectivity index (χ1v) is 9.32. The summed E-state index contributed by atoms with van der Waals surface area (Å²) in [6.07, 6.45) is -3.53. The van der Waals surface area contributed by atoms with Crippen LogP contribution in [0.3, 0.4) is 0 Å². The molecular weight excluding hydrogens is 399 g/mol. The number of aliphatic hydroxyl groups is 2. The standard InChI is InChI=1S/C20H20F3NO4.C2H6/c1-3-8-27-19-12(2)16(9-14(10-24)18(19)17(26)11-25)13-4-6-15(7-5-13)28-20(21,22)23;1-2/h4-7,9,17,25-26H,10-11,24H2,1-2H3;1-2H3. The van der Waals surface area contributed by atoms with Gasteiger partial charge in [-0.05, 0) is 41.8 Å². The fourth-order valence-corrected chi connectivity index (χ4v) is 2.83. The summed E-state index contributed by atoms with van der Waals surface area (Å²) in [5, 5.41) is 19.6. The lowest BCUT2D eigenvalue weighted by molar-refractivity contribution is -0.274. The van der Waals surface area contributed by atoms with Gasteiger partial charge in [0.05, 0.1) is 6.61 Å². The summed E-state index contributed by atoms with van der Waals surface area (Å²) in [5.74, 6) is 2.50. The fraction of sp³-hybridized carbons (Fsp3) is 0.364. The maximum Gasteiger partial charge on any atom is 0.573 e. The number of aliphatic hydroxyl groups excluding tert-OH is 2. The molecule has 0 aliphatic carbocycles. The topological polar surface area (TPSA) is 84.9 Å². The SMILES string of the molecule is CC.CC#COc1c(C)c(-c2ccc(OC(F)(F)F)cc2)cc(CN)c1C(O)CO. The Morgan fingerprint density at radius 1 is 1.17 bits per heavy atom. The minimum absolute atomic E-state index is 0.0465. The van der Waals surface area contributed by atoms with Crippen LogP contribution < -0.4 is 15.2 Å². The van der Waals surface area contributed by atoms with E-state index in [1.54, 1.807) is 19.9 Å². The van der Waals surface area contributed by atoms with Crippen LogP contribution in [0.25, 0.3) is 11.1 Å². The van der Waals surface area contributed by atoms with Gasteiger partial charge in [-0.15, -0.1) is 13.2 Å². The number of hydrogen-bond acceptors (Lipinski definition) is 5. The zero-order chi connectivity index (χ0) is 22.9. The van der Waals surface area contributed by atoms with E-state index in [0.29, 0.717) is 27.8 Å². The van der Waals surface area contributed by atoms with Crippen molar-refractivity contribution < 1.29 is 32.9 Å². The number of rotatable bonds is 6. The van der Waals surface area contributed by atoms with E-state index in [1.165, 1.54) is 24.3 Å². The average Bonchev–Trinajstić information content (AvgIpc) is 2.73. The molecule has 0 spiro atoms. The number of alkyl halides is 3. The molecule has 30 heavy (non-hydrogen) atoms. The number of nitrogens with two attached hydrogens (primary N) is 1. The molecule has 5 nitrogen and oxygen atoms in total. The van der Waals surface area contributed by atoms with Crippen molar-refractivity contribution in [3.63, 3.8) is 0 Å². The fourth-order valence-electron chi connectivity index (χ4n) is 2.83. The minimum Gasteiger partial charge on any atom is -0.407 e. The highest BCUT2D eigenvalue weighted by Gasteiger charge is 2.31. The molecule has 0 heterocycles. The Morgan fingerprint density at radius 3 is 2.23 bits per heavy atom. The molecule has 0 bridgehead atoms. The van der Waals surface area contributed by atoms with Crippen LogP contribution in [0.2, 0.25) is 0 Å². The van der Waals surface area contributed by atoms with Crippen molar-refractivity contribution in [2.24, 2.45) is 5.73 Å². The summed E-state index contributed by atoms with van der Waals surface area (Å²) >= 11 is 0. The number of benzene rings is 2. The van der Waals surface area contributed by atoms with Crippen molar-refractivity contribution in [1.82, 2.24) is 0 Å². The molecule has 1 unspecified atom stereocenters. The molecular formula is C22H26F3NO4. The van der Waals surface area contributed by atoms with Crippen LogP contribution in [-0.2, 0) is 6.54 Å². The molecule has 2 aromatic rings. The summed E-state index contributed by atoms with van der Waals surface area (Å²) in [4.78, 5) is 0. The van der Waals surface area contributed by atoms with E-state index >= 15 is 0 Å². The normalized spacial score (nSPS) is 11.5. The van der Waals surface area contributed by atoms with Crippen LogP contribution in [-0.4, -0.2) is 23.2 Å². The van der Waals surface area contributed by atoms with E-state index in [4.69, 9.17) is 10.5 Å². The van der Waals surface area contributed by atoms with Gasteiger partial charge >= 0.3 is 6.36 Å². The summed E-state index contributed by atoms with van der Waals surface area (Å²) < 4.78 is 46.4. The molecule has 1 atom stereocenters. The Morgan fingerprint density at radius 2 is 1.77 bits per heavy atom. The van der Waals surface area contributed by atoms with Gasteiger partial charge in [0.2, 0.25) is 0 Å². The lowest BCUT2D eigenvalue weighted by Crippen LogP contribution is -2.17. The first-order chi connectivity index (χ1) is 14.2. The van der Waals surface area contributed by atoms with Gasteiger partial charge in [0.25, 0.3) is 0 Å². The van der Waals surface area contributed by atoms with E-state index in [-0.39, 0.29) is 18.0 Å². The van der Waals surface area contributed by atoms with E-state index in [0.717, 1.165) is 0 Å². The summed E-state index contributed by atoms with van der Waals surface area (Å²) in [7, 11) is 0. The van der Waals surface area contributed by atoms with Crippen molar-refractivity contribution >= 4 is 0 Å². The molecule has 0 saturated carbocycles. The van der Waals surface area contributed by atoms with Gasteiger partial charge in [0.1, 0.15) is 23.7 Å². The van der Waals surface area contributed by atoms with Crippen molar-refractivity contribution in [3.05, 3.63) is 47.0 Å². The summed E-state index contributed by atoms with van der Waals surface area (Å²) in [6, 6.07) is 7.05. The van der Waals surface area contributed by atoms with E-state index in [2.05, 4.69) is 16.8 Å². The third kappa shape index (κ3) is 6.39. The second kappa shape index (κ2) is 11.5. The largest absolute Gasteiger partial charge is 0.573 e. The second-order valence-corrected chi connectivity index (χ2v) is 5.88. The molecule has 0 saturated heterocycles. The lowest BCUT2D eigenvalue weighted by Gasteiger charge is -2.21. The maximum atomic E-state index is 12.3. The number of ether oxygens (including phenoxy) is 2. The predicted molar refractivity (Wildman–Crippen MR) is 109 cm³/mol. The third-order valence-corrected chi connectivity index (χ3v) is 4.03. The summed E-state index contributed by atoms with van der Waals surface area (Å²) in [6.45, 7) is 6.80. The van der Waals surface area contributed by atoms with Crippen molar-refractivity contribution in [1.29, 1.82) is 0 Å². The van der Waals surface area contributed by atoms with E-state index < -0.39 is 19.1 Å². The highest BCUT2D eigenvalue weighted by atomic mass is 19.4. The molecule has 0 aliphatic heterocycles. The number of halogens is 3. The monoisotopic (exact) mass is 425 g/mol. The molecule has 0 aliphatic rings. The molecule has 0 radical (unpaired) electrons. The predicted octanol–water partition coefficient (Wildman–Crippen LogP) is 4.43. The Hall–Kier alpha value is -2.73. The second-order valence-electron chi connectivity index (χ2n) is 5.88. The van der Waals surface area contributed by atoms with Crippen LogP contribution in [0.5, 0.6) is 11.5 Å². The van der Waals surface area contributed by atoms with Gasteiger partial charge in [-0.3, -0.25) is 0 Å². The maximum absolute atomic E-state index is 12.3. The minimum atomic E-state index is -4.77. The van der Waals surface area contributed by atoms with Gasteiger partial charge in [-0.25, -0.2) is 0 Å². The number of hydrogen-bond donors (Lipinski definition) is 3. The van der Waals surface area contributed by atoms with Crippen LogP contribution in [0.4, 0.5) is 13.2 Å². The Kier molecular flexibility index (Phi) is 9.66. The van der Waals surface area contributed by atoms with Crippen molar-refractivity contribution in [2.75, 3.05) is 6.61 Å². The zero-order valence-corrected chi connectivity index (χ0v) is 17.3. The Labute approximate surface area is 174 Å². The molecule has 0 fully saturated rings. The first-order valence-electron chi connectivity index (χ1n) is 9.32. The molecule has 0 amide bonds. The Balaban J connectivity index is 0.00000218. The van der Waals surface area contributed by atoms with E-state index in [1.807, 2.05) is 13.8 Å². The van der Waals surface area contributed by atoms with Crippen LogP contribution >= 0.6 is 0 Å². The molecule has 164 valence electrons. The van der Waals surface area contributed by atoms with Gasteiger partial charge < -0.3 is 25.4 Å². The quantitative estimate of drug-likeness (QED) is 0.596.